The van der Waals surface area contributed by atoms with Gasteiger partial charge in [-0.3, -0.25) is 0 Å². The van der Waals surface area contributed by atoms with Crippen molar-refractivity contribution in [1.82, 2.24) is 0 Å². The van der Waals surface area contributed by atoms with Gasteiger partial charge in [-0.2, -0.15) is 0 Å². The molecular weight excluding hydrogens is 200 g/mol. The molecule has 0 aliphatic heterocycles. The molecule has 0 heterocycles. The minimum absolute atomic E-state index is 0.768. The Kier molecular flexibility index (Phi) is 12.7. The topological polar surface area (TPSA) is 0 Å². The second kappa shape index (κ2) is 12.4. The second-order valence-corrected chi connectivity index (χ2v) is 6.94. The van der Waals surface area contributed by atoms with Gasteiger partial charge >= 0.3 is 0 Å². The zero-order valence-corrected chi connectivity index (χ0v) is 12.0. The molecule has 0 aromatic rings. The van der Waals surface area contributed by atoms with Gasteiger partial charge in [0.05, 0.1) is 0 Å². The van der Waals surface area contributed by atoms with E-state index < -0.39 is 0 Å². The lowest BCUT2D eigenvalue weighted by molar-refractivity contribution is 0.626. The highest BCUT2D eigenvalue weighted by atomic mass is 32.2. The van der Waals surface area contributed by atoms with E-state index in [2.05, 4.69) is 20.8 Å². The maximum absolute atomic E-state index is 2.33. The van der Waals surface area contributed by atoms with E-state index in [1.807, 2.05) is 0 Å². The average Bonchev–Trinajstić information content (AvgIpc) is 2.24. The fraction of sp³-hybridized carbons (Fsp3) is 1.00. The van der Waals surface area contributed by atoms with Crippen LogP contribution in [0, 0.1) is 0 Å². The summed E-state index contributed by atoms with van der Waals surface area (Å²) in [5.41, 5.74) is 0. The van der Waals surface area contributed by atoms with E-state index in [1.54, 1.807) is 0 Å². The third-order valence-electron chi connectivity index (χ3n) is 2.77. The highest BCUT2D eigenvalue weighted by Gasteiger charge is 2.14. The molecule has 0 aliphatic rings. The van der Waals surface area contributed by atoms with Crippen LogP contribution >= 0.6 is 0 Å². The standard InChI is InChI=1S/C14H31S/c1-4-7-8-9-10-11-14-15(12-5-2)13-6-3/h4-14H2,1-3H3/q+1. The van der Waals surface area contributed by atoms with Gasteiger partial charge in [-0.25, -0.2) is 0 Å². The van der Waals surface area contributed by atoms with Crippen molar-refractivity contribution in [3.8, 4) is 0 Å². The first-order valence-electron chi connectivity index (χ1n) is 6.99. The highest BCUT2D eigenvalue weighted by molar-refractivity contribution is 7.96. The summed E-state index contributed by atoms with van der Waals surface area (Å²) in [7, 11) is 0.768. The molecule has 0 unspecified atom stereocenters. The quantitative estimate of drug-likeness (QED) is 0.354. The Balaban J connectivity index is 3.28. The summed E-state index contributed by atoms with van der Waals surface area (Å²) < 4.78 is 0. The van der Waals surface area contributed by atoms with Gasteiger partial charge in [0.2, 0.25) is 0 Å². The molecule has 1 heteroatoms. The van der Waals surface area contributed by atoms with Gasteiger partial charge in [0.1, 0.15) is 17.3 Å². The molecule has 0 aromatic carbocycles. The minimum Gasteiger partial charge on any atom is -0.0654 e. The Morgan fingerprint density at radius 2 is 1.07 bits per heavy atom. The van der Waals surface area contributed by atoms with Crippen molar-refractivity contribution in [3.63, 3.8) is 0 Å². The molecule has 0 rings (SSSR count). The molecule has 92 valence electrons. The van der Waals surface area contributed by atoms with Gasteiger partial charge < -0.3 is 0 Å². The SMILES string of the molecule is CCCCCCCC[S+](CCC)CCC. The lowest BCUT2D eigenvalue weighted by Crippen LogP contribution is -2.15. The van der Waals surface area contributed by atoms with Crippen LogP contribution in [0.5, 0.6) is 0 Å². The third kappa shape index (κ3) is 10.6. The van der Waals surface area contributed by atoms with E-state index in [-0.39, 0.29) is 0 Å². The molecule has 0 atom stereocenters. The lowest BCUT2D eigenvalue weighted by Gasteiger charge is -2.06. The lowest BCUT2D eigenvalue weighted by atomic mass is 10.1. The van der Waals surface area contributed by atoms with Gasteiger partial charge in [0.25, 0.3) is 0 Å². The smallest absolute Gasteiger partial charge is 0.0654 e. The zero-order chi connectivity index (χ0) is 11.4. The van der Waals surface area contributed by atoms with Crippen LogP contribution in [0.25, 0.3) is 0 Å². The van der Waals surface area contributed by atoms with Crippen LogP contribution in [0.4, 0.5) is 0 Å². The maximum Gasteiger partial charge on any atom is 0.108 e. The van der Waals surface area contributed by atoms with Crippen LogP contribution in [0.3, 0.4) is 0 Å². The summed E-state index contributed by atoms with van der Waals surface area (Å²) in [6.07, 6.45) is 11.5. The monoisotopic (exact) mass is 231 g/mol. The van der Waals surface area contributed by atoms with Gasteiger partial charge in [0.15, 0.2) is 0 Å². The Morgan fingerprint density at radius 1 is 0.533 bits per heavy atom. The first-order chi connectivity index (χ1) is 7.35. The predicted octanol–water partition coefficient (Wildman–Crippen LogP) is 4.79. The molecule has 0 saturated heterocycles. The molecule has 0 amide bonds. The largest absolute Gasteiger partial charge is 0.108 e. The fourth-order valence-corrected chi connectivity index (χ4v) is 4.35. The van der Waals surface area contributed by atoms with Gasteiger partial charge in [-0.05, 0) is 36.6 Å². The molecule has 0 nitrogen and oxygen atoms in total. The Bertz CT molecular complexity index is 106. The molecular formula is C14H31S+. The summed E-state index contributed by atoms with van der Waals surface area (Å²) in [5, 5.41) is 0. The van der Waals surface area contributed by atoms with Crippen molar-refractivity contribution in [3.05, 3.63) is 0 Å². The number of hydrogen-bond donors (Lipinski definition) is 0. The molecule has 15 heavy (non-hydrogen) atoms. The molecule has 0 radical (unpaired) electrons. The third-order valence-corrected chi connectivity index (χ3v) is 5.61. The normalized spacial score (nSPS) is 11.2. The summed E-state index contributed by atoms with van der Waals surface area (Å²) in [4.78, 5) is 0. The summed E-state index contributed by atoms with van der Waals surface area (Å²) in [6, 6.07) is 0. The highest BCUT2D eigenvalue weighted by Crippen LogP contribution is 2.09. The first-order valence-corrected chi connectivity index (χ1v) is 8.72. The van der Waals surface area contributed by atoms with Gasteiger partial charge in [-0.15, -0.1) is 0 Å². The van der Waals surface area contributed by atoms with Crippen molar-refractivity contribution in [2.75, 3.05) is 17.3 Å². The van der Waals surface area contributed by atoms with Crippen LogP contribution in [0.1, 0.15) is 72.1 Å². The molecule has 0 bridgehead atoms. The fourth-order valence-electron chi connectivity index (χ4n) is 1.97. The van der Waals surface area contributed by atoms with Gasteiger partial charge in [0, 0.05) is 0 Å². The maximum atomic E-state index is 2.33. The predicted molar refractivity (Wildman–Crippen MR) is 75.9 cm³/mol. The van der Waals surface area contributed by atoms with Crippen molar-refractivity contribution in [1.29, 1.82) is 0 Å². The Labute approximate surface area is 101 Å². The Morgan fingerprint density at radius 3 is 1.60 bits per heavy atom. The van der Waals surface area contributed by atoms with Crippen LogP contribution in [-0.4, -0.2) is 17.3 Å². The minimum atomic E-state index is 0.768. The number of unbranched alkanes of at least 4 members (excludes halogenated alkanes) is 5. The van der Waals surface area contributed by atoms with Gasteiger partial charge in [-0.1, -0.05) is 46.5 Å². The van der Waals surface area contributed by atoms with E-state index in [0.29, 0.717) is 0 Å². The van der Waals surface area contributed by atoms with Crippen molar-refractivity contribution < 1.29 is 0 Å². The van der Waals surface area contributed by atoms with E-state index in [9.17, 15) is 0 Å². The van der Waals surface area contributed by atoms with E-state index in [1.165, 1.54) is 68.6 Å². The molecule has 0 spiro atoms. The van der Waals surface area contributed by atoms with E-state index in [0.717, 1.165) is 10.9 Å². The van der Waals surface area contributed by atoms with Crippen LogP contribution in [0.2, 0.25) is 0 Å². The molecule has 0 saturated carbocycles. The number of rotatable bonds is 11. The molecule has 0 fully saturated rings. The Hall–Kier alpha value is 0.350. The average molecular weight is 231 g/mol. The number of hydrogen-bond acceptors (Lipinski definition) is 0. The van der Waals surface area contributed by atoms with Crippen molar-refractivity contribution in [2.24, 2.45) is 0 Å². The molecule has 0 N–H and O–H groups in total. The summed E-state index contributed by atoms with van der Waals surface area (Å²) >= 11 is 0. The van der Waals surface area contributed by atoms with Crippen LogP contribution in [-0.2, 0) is 10.9 Å². The van der Waals surface area contributed by atoms with Crippen molar-refractivity contribution >= 4 is 10.9 Å². The van der Waals surface area contributed by atoms with E-state index >= 15 is 0 Å². The molecule has 0 aliphatic carbocycles. The first kappa shape index (κ1) is 15.3. The van der Waals surface area contributed by atoms with E-state index in [4.69, 9.17) is 0 Å². The second-order valence-electron chi connectivity index (χ2n) is 4.49. The summed E-state index contributed by atoms with van der Waals surface area (Å²) in [6.45, 7) is 6.95. The summed E-state index contributed by atoms with van der Waals surface area (Å²) in [5.74, 6) is 4.50. The zero-order valence-electron chi connectivity index (χ0n) is 11.2. The van der Waals surface area contributed by atoms with Crippen LogP contribution < -0.4 is 0 Å². The molecule has 0 aromatic heterocycles. The van der Waals surface area contributed by atoms with Crippen LogP contribution in [0.15, 0.2) is 0 Å². The van der Waals surface area contributed by atoms with Crippen molar-refractivity contribution in [2.45, 2.75) is 72.1 Å².